The Kier molecular flexibility index (Phi) is 3.47. The number of aryl methyl sites for hydroxylation is 2. The number of hydrogen-bond acceptors (Lipinski definition) is 2. The molecule has 0 amide bonds. The molecule has 2 nitrogen and oxygen atoms in total. The Hall–Kier alpha value is -0.380. The van der Waals surface area contributed by atoms with E-state index >= 15 is 0 Å². The van der Waals surface area contributed by atoms with Crippen LogP contribution in [0.5, 0.6) is 0 Å². The van der Waals surface area contributed by atoms with Crippen LogP contribution in [0.15, 0.2) is 16.6 Å². The molecule has 0 aliphatic carbocycles. The minimum atomic E-state index is 0.560. The maximum absolute atomic E-state index is 9.11. The van der Waals surface area contributed by atoms with E-state index in [1.165, 1.54) is 16.2 Å². The van der Waals surface area contributed by atoms with E-state index < -0.39 is 0 Å². The average molecular weight is 244 g/mol. The Labute approximate surface area is 87.3 Å². The Bertz CT molecular complexity index is 310. The van der Waals surface area contributed by atoms with Crippen LogP contribution in [0, 0.1) is 13.8 Å². The second-order valence-corrected chi connectivity index (χ2v) is 4.20. The highest BCUT2D eigenvalue weighted by Crippen LogP contribution is 2.21. The van der Waals surface area contributed by atoms with Crippen molar-refractivity contribution in [1.82, 2.24) is 5.06 Å². The summed E-state index contributed by atoms with van der Waals surface area (Å²) < 4.78 is 1.09. The molecule has 0 aliphatic heterocycles. The standard InChI is InChI=1S/C10H14BrNO/c1-7-4-8(2)10(11)5-9(7)6-12(3)13/h4-5,13H,6H2,1-3H3. The van der Waals surface area contributed by atoms with Gasteiger partial charge in [-0.2, -0.15) is 5.06 Å². The predicted molar refractivity (Wildman–Crippen MR) is 56.9 cm³/mol. The molecule has 0 bridgehead atoms. The summed E-state index contributed by atoms with van der Waals surface area (Å²) in [5.74, 6) is 0. The van der Waals surface area contributed by atoms with Crippen LogP contribution >= 0.6 is 15.9 Å². The molecule has 0 aliphatic rings. The number of benzene rings is 1. The lowest BCUT2D eigenvalue weighted by Crippen LogP contribution is -2.12. The number of rotatable bonds is 2. The van der Waals surface area contributed by atoms with Crippen molar-refractivity contribution in [3.8, 4) is 0 Å². The third-order valence-corrected chi connectivity index (χ3v) is 2.87. The van der Waals surface area contributed by atoms with Gasteiger partial charge in [0.25, 0.3) is 0 Å². The Morgan fingerprint density at radius 2 is 1.92 bits per heavy atom. The molecule has 0 fully saturated rings. The molecule has 72 valence electrons. The zero-order chi connectivity index (χ0) is 10.0. The molecular weight excluding hydrogens is 230 g/mol. The third kappa shape index (κ3) is 2.79. The molecule has 0 heterocycles. The van der Waals surface area contributed by atoms with Gasteiger partial charge < -0.3 is 5.21 Å². The lowest BCUT2D eigenvalue weighted by Gasteiger charge is -2.12. The van der Waals surface area contributed by atoms with E-state index in [2.05, 4.69) is 41.9 Å². The fraction of sp³-hybridized carbons (Fsp3) is 0.400. The molecule has 0 saturated carbocycles. The van der Waals surface area contributed by atoms with Crippen LogP contribution in [0.3, 0.4) is 0 Å². The van der Waals surface area contributed by atoms with Gasteiger partial charge in [-0.05, 0) is 36.6 Å². The van der Waals surface area contributed by atoms with Gasteiger partial charge in [0.05, 0.1) is 0 Å². The van der Waals surface area contributed by atoms with Gasteiger partial charge in [-0.15, -0.1) is 0 Å². The van der Waals surface area contributed by atoms with Gasteiger partial charge >= 0.3 is 0 Å². The molecule has 1 N–H and O–H groups in total. The first-order valence-corrected chi connectivity index (χ1v) is 4.95. The van der Waals surface area contributed by atoms with Gasteiger partial charge in [0.1, 0.15) is 0 Å². The van der Waals surface area contributed by atoms with E-state index in [1.807, 2.05) is 0 Å². The molecule has 0 radical (unpaired) electrons. The van der Waals surface area contributed by atoms with Crippen LogP contribution in [0.2, 0.25) is 0 Å². The highest BCUT2D eigenvalue weighted by Gasteiger charge is 2.03. The van der Waals surface area contributed by atoms with Gasteiger partial charge in [0.15, 0.2) is 0 Å². The first-order chi connectivity index (χ1) is 6.00. The summed E-state index contributed by atoms with van der Waals surface area (Å²) >= 11 is 3.47. The number of nitrogens with zero attached hydrogens (tertiary/aromatic N) is 1. The summed E-state index contributed by atoms with van der Waals surface area (Å²) in [5, 5.41) is 10.3. The van der Waals surface area contributed by atoms with Crippen LogP contribution in [0.4, 0.5) is 0 Å². The quantitative estimate of drug-likeness (QED) is 0.808. The Balaban J connectivity index is 3.01. The van der Waals surface area contributed by atoms with E-state index in [-0.39, 0.29) is 0 Å². The highest BCUT2D eigenvalue weighted by molar-refractivity contribution is 9.10. The Morgan fingerprint density at radius 1 is 1.31 bits per heavy atom. The molecule has 0 atom stereocenters. The summed E-state index contributed by atoms with van der Waals surface area (Å²) in [7, 11) is 1.65. The van der Waals surface area contributed by atoms with E-state index in [9.17, 15) is 0 Å². The monoisotopic (exact) mass is 243 g/mol. The molecule has 0 unspecified atom stereocenters. The Morgan fingerprint density at radius 3 is 2.46 bits per heavy atom. The SMILES string of the molecule is Cc1cc(C)c(CN(C)O)cc1Br. The van der Waals surface area contributed by atoms with Gasteiger partial charge in [0, 0.05) is 18.1 Å². The van der Waals surface area contributed by atoms with Crippen LogP contribution < -0.4 is 0 Å². The fourth-order valence-corrected chi connectivity index (χ4v) is 1.67. The maximum atomic E-state index is 9.11. The summed E-state index contributed by atoms with van der Waals surface area (Å²) in [5.41, 5.74) is 3.57. The highest BCUT2D eigenvalue weighted by atomic mass is 79.9. The van der Waals surface area contributed by atoms with E-state index in [1.54, 1.807) is 7.05 Å². The zero-order valence-corrected chi connectivity index (χ0v) is 9.72. The van der Waals surface area contributed by atoms with Crippen molar-refractivity contribution in [2.24, 2.45) is 0 Å². The summed E-state index contributed by atoms with van der Waals surface area (Å²) in [6, 6.07) is 4.17. The van der Waals surface area contributed by atoms with Crippen LogP contribution in [0.25, 0.3) is 0 Å². The van der Waals surface area contributed by atoms with Crippen LogP contribution in [0.1, 0.15) is 16.7 Å². The molecule has 1 aromatic rings. The number of hydroxylamine groups is 2. The van der Waals surface area contributed by atoms with Crippen molar-refractivity contribution < 1.29 is 5.21 Å². The van der Waals surface area contributed by atoms with Gasteiger partial charge in [-0.1, -0.05) is 22.0 Å². The molecule has 0 aromatic heterocycles. The number of halogens is 1. The number of hydrogen-bond donors (Lipinski definition) is 1. The first kappa shape index (κ1) is 10.7. The van der Waals surface area contributed by atoms with Gasteiger partial charge in [0.2, 0.25) is 0 Å². The van der Waals surface area contributed by atoms with E-state index in [4.69, 9.17) is 5.21 Å². The van der Waals surface area contributed by atoms with Crippen LogP contribution in [-0.4, -0.2) is 17.3 Å². The van der Waals surface area contributed by atoms with Crippen LogP contribution in [-0.2, 0) is 6.54 Å². The maximum Gasteiger partial charge on any atom is 0.0488 e. The molecule has 1 aromatic carbocycles. The fourth-order valence-electron chi connectivity index (χ4n) is 1.28. The van der Waals surface area contributed by atoms with Crippen molar-refractivity contribution in [3.05, 3.63) is 33.3 Å². The predicted octanol–water partition coefficient (Wildman–Crippen LogP) is 2.89. The molecule has 0 saturated heterocycles. The average Bonchev–Trinajstić information content (AvgIpc) is 1.99. The lowest BCUT2D eigenvalue weighted by atomic mass is 10.1. The summed E-state index contributed by atoms with van der Waals surface area (Å²) in [4.78, 5) is 0. The van der Waals surface area contributed by atoms with Crippen molar-refractivity contribution in [2.75, 3.05) is 7.05 Å². The van der Waals surface area contributed by atoms with Gasteiger partial charge in [-0.25, -0.2) is 0 Å². The van der Waals surface area contributed by atoms with Crippen molar-refractivity contribution in [1.29, 1.82) is 0 Å². The smallest absolute Gasteiger partial charge is 0.0488 e. The summed E-state index contributed by atoms with van der Waals surface area (Å²) in [6.45, 7) is 4.67. The van der Waals surface area contributed by atoms with E-state index in [0.717, 1.165) is 10.0 Å². The minimum absolute atomic E-state index is 0.560. The van der Waals surface area contributed by atoms with Crippen molar-refractivity contribution in [2.45, 2.75) is 20.4 Å². The molecule has 0 spiro atoms. The summed E-state index contributed by atoms with van der Waals surface area (Å²) in [6.07, 6.45) is 0. The van der Waals surface area contributed by atoms with E-state index in [0.29, 0.717) is 6.54 Å². The molecule has 1 rings (SSSR count). The molecule has 13 heavy (non-hydrogen) atoms. The first-order valence-electron chi connectivity index (χ1n) is 4.16. The largest absolute Gasteiger partial charge is 0.314 e. The second kappa shape index (κ2) is 4.22. The second-order valence-electron chi connectivity index (χ2n) is 3.34. The van der Waals surface area contributed by atoms with Gasteiger partial charge in [-0.3, -0.25) is 0 Å². The molecular formula is C10H14BrNO. The molecule has 3 heteroatoms. The van der Waals surface area contributed by atoms with Crippen molar-refractivity contribution in [3.63, 3.8) is 0 Å². The minimum Gasteiger partial charge on any atom is -0.314 e. The lowest BCUT2D eigenvalue weighted by molar-refractivity contribution is -0.0733. The third-order valence-electron chi connectivity index (χ3n) is 2.02. The van der Waals surface area contributed by atoms with Crippen molar-refractivity contribution >= 4 is 15.9 Å². The topological polar surface area (TPSA) is 23.5 Å². The zero-order valence-electron chi connectivity index (χ0n) is 8.13. The normalized spacial score (nSPS) is 10.9.